The largest absolute Gasteiger partial charge is 0.392 e. The molecule has 2 rings (SSSR count). The number of hydrogen-bond acceptors (Lipinski definition) is 2. The molecule has 0 spiro atoms. The van der Waals surface area contributed by atoms with Gasteiger partial charge in [0.25, 0.3) is 0 Å². The van der Waals surface area contributed by atoms with Gasteiger partial charge in [0, 0.05) is 0 Å². The molecule has 0 unspecified atom stereocenters. The first kappa shape index (κ1) is 13.3. The molecule has 1 amide bonds. The van der Waals surface area contributed by atoms with Crippen LogP contribution in [-0.2, 0) is 4.79 Å². The number of thiocarbonyl (C=S) groups is 1. The molecule has 0 bridgehead atoms. The van der Waals surface area contributed by atoms with Gasteiger partial charge in [-0.15, -0.1) is 0 Å². The number of amides is 1. The zero-order valence-electron chi connectivity index (χ0n) is 10.1. The van der Waals surface area contributed by atoms with E-state index in [1.165, 1.54) is 0 Å². The standard InChI is InChI=1S/C13H15ClN2OS/c1-8-3-4-9(14)10(7-8)16-12(17)13(11(15)18)5-2-6-13/h3-4,7H,2,5-6H2,1H3,(H2,15,18)(H,16,17). The minimum atomic E-state index is -0.678. The Labute approximate surface area is 117 Å². The molecular formula is C13H15ClN2OS. The van der Waals surface area contributed by atoms with Crippen LogP contribution in [0.1, 0.15) is 24.8 Å². The van der Waals surface area contributed by atoms with Crippen molar-refractivity contribution in [1.82, 2.24) is 0 Å². The first-order chi connectivity index (χ1) is 8.45. The van der Waals surface area contributed by atoms with Gasteiger partial charge < -0.3 is 11.1 Å². The van der Waals surface area contributed by atoms with E-state index in [-0.39, 0.29) is 10.9 Å². The van der Waals surface area contributed by atoms with E-state index in [2.05, 4.69) is 5.32 Å². The average molecular weight is 283 g/mol. The highest BCUT2D eigenvalue weighted by atomic mass is 35.5. The Hall–Kier alpha value is -1.13. The summed E-state index contributed by atoms with van der Waals surface area (Å²) in [5, 5.41) is 3.36. The van der Waals surface area contributed by atoms with Crippen molar-refractivity contribution in [3.63, 3.8) is 0 Å². The molecule has 0 saturated heterocycles. The molecule has 18 heavy (non-hydrogen) atoms. The number of hydrogen-bond donors (Lipinski definition) is 2. The van der Waals surface area contributed by atoms with Gasteiger partial charge in [0.05, 0.1) is 21.1 Å². The number of aryl methyl sites for hydroxylation is 1. The molecule has 0 aromatic heterocycles. The lowest BCUT2D eigenvalue weighted by atomic mass is 9.68. The highest BCUT2D eigenvalue weighted by Gasteiger charge is 2.47. The third-order valence-corrected chi connectivity index (χ3v) is 4.20. The molecule has 1 aliphatic carbocycles. The predicted octanol–water partition coefficient (Wildman–Crippen LogP) is 3.04. The van der Waals surface area contributed by atoms with Gasteiger partial charge in [-0.3, -0.25) is 4.79 Å². The van der Waals surface area contributed by atoms with Crippen LogP contribution in [0.3, 0.4) is 0 Å². The topological polar surface area (TPSA) is 55.1 Å². The van der Waals surface area contributed by atoms with Crippen LogP contribution in [0.5, 0.6) is 0 Å². The summed E-state index contributed by atoms with van der Waals surface area (Å²) >= 11 is 11.1. The van der Waals surface area contributed by atoms with Gasteiger partial charge >= 0.3 is 0 Å². The molecule has 1 aromatic carbocycles. The lowest BCUT2D eigenvalue weighted by Gasteiger charge is -2.39. The van der Waals surface area contributed by atoms with E-state index in [1.807, 2.05) is 19.1 Å². The molecule has 1 aliphatic rings. The Morgan fingerprint density at radius 2 is 2.17 bits per heavy atom. The molecule has 0 atom stereocenters. The second kappa shape index (κ2) is 4.86. The molecule has 3 N–H and O–H groups in total. The summed E-state index contributed by atoms with van der Waals surface area (Å²) in [7, 11) is 0. The number of nitrogens with two attached hydrogens (primary N) is 1. The van der Waals surface area contributed by atoms with Crippen molar-refractivity contribution in [1.29, 1.82) is 0 Å². The number of anilines is 1. The third kappa shape index (κ3) is 2.22. The Morgan fingerprint density at radius 3 is 2.67 bits per heavy atom. The molecule has 0 radical (unpaired) electrons. The normalized spacial score (nSPS) is 16.8. The van der Waals surface area contributed by atoms with Crippen LogP contribution in [0.25, 0.3) is 0 Å². The Kier molecular flexibility index (Phi) is 3.59. The van der Waals surface area contributed by atoms with Crippen molar-refractivity contribution in [2.75, 3.05) is 5.32 Å². The van der Waals surface area contributed by atoms with E-state index in [0.29, 0.717) is 10.7 Å². The monoisotopic (exact) mass is 282 g/mol. The van der Waals surface area contributed by atoms with Crippen molar-refractivity contribution in [3.8, 4) is 0 Å². The fraction of sp³-hybridized carbons (Fsp3) is 0.385. The molecule has 3 nitrogen and oxygen atoms in total. The zero-order valence-corrected chi connectivity index (χ0v) is 11.7. The number of carbonyl (C=O) groups excluding carboxylic acids is 1. The second-order valence-corrected chi connectivity index (χ2v) is 5.58. The van der Waals surface area contributed by atoms with Crippen LogP contribution in [0, 0.1) is 12.3 Å². The van der Waals surface area contributed by atoms with Crippen molar-refractivity contribution < 1.29 is 4.79 Å². The van der Waals surface area contributed by atoms with E-state index < -0.39 is 5.41 Å². The van der Waals surface area contributed by atoms with Crippen molar-refractivity contribution in [3.05, 3.63) is 28.8 Å². The van der Waals surface area contributed by atoms with Gasteiger partial charge in [0.1, 0.15) is 0 Å². The molecule has 0 aliphatic heterocycles. The van der Waals surface area contributed by atoms with Crippen molar-refractivity contribution in [2.24, 2.45) is 11.1 Å². The maximum Gasteiger partial charge on any atom is 0.237 e. The predicted molar refractivity (Wildman–Crippen MR) is 77.9 cm³/mol. The number of nitrogens with one attached hydrogen (secondary N) is 1. The van der Waals surface area contributed by atoms with Gasteiger partial charge in [-0.25, -0.2) is 0 Å². The molecule has 5 heteroatoms. The van der Waals surface area contributed by atoms with Crippen LogP contribution in [0.2, 0.25) is 5.02 Å². The van der Waals surface area contributed by atoms with Crippen LogP contribution in [0.4, 0.5) is 5.69 Å². The van der Waals surface area contributed by atoms with Crippen molar-refractivity contribution >= 4 is 40.4 Å². The Bertz CT molecular complexity index is 512. The fourth-order valence-electron chi connectivity index (χ4n) is 2.09. The summed E-state index contributed by atoms with van der Waals surface area (Å²) < 4.78 is 0. The van der Waals surface area contributed by atoms with E-state index in [9.17, 15) is 4.79 Å². The van der Waals surface area contributed by atoms with E-state index in [1.54, 1.807) is 6.07 Å². The van der Waals surface area contributed by atoms with Gasteiger partial charge in [-0.1, -0.05) is 36.3 Å². The highest BCUT2D eigenvalue weighted by Crippen LogP contribution is 2.42. The molecular weight excluding hydrogens is 268 g/mol. The first-order valence-corrected chi connectivity index (χ1v) is 6.62. The zero-order chi connectivity index (χ0) is 13.3. The van der Waals surface area contributed by atoms with Gasteiger partial charge in [0.15, 0.2) is 0 Å². The quantitative estimate of drug-likeness (QED) is 0.838. The van der Waals surface area contributed by atoms with Gasteiger partial charge in [0.2, 0.25) is 5.91 Å². The summed E-state index contributed by atoms with van der Waals surface area (Å²) in [5.74, 6) is -0.145. The third-order valence-electron chi connectivity index (χ3n) is 3.48. The SMILES string of the molecule is Cc1ccc(Cl)c(NC(=O)C2(C(N)=S)CCC2)c1. The molecule has 1 aromatic rings. The molecule has 96 valence electrons. The molecule has 1 saturated carbocycles. The van der Waals surface area contributed by atoms with Crippen LogP contribution in [0.15, 0.2) is 18.2 Å². The second-order valence-electron chi connectivity index (χ2n) is 4.74. The van der Waals surface area contributed by atoms with E-state index in [4.69, 9.17) is 29.6 Å². The van der Waals surface area contributed by atoms with Gasteiger partial charge in [-0.2, -0.15) is 0 Å². The van der Waals surface area contributed by atoms with Crippen LogP contribution in [-0.4, -0.2) is 10.9 Å². The fourth-order valence-corrected chi connectivity index (χ4v) is 2.55. The summed E-state index contributed by atoms with van der Waals surface area (Å²) in [6.45, 7) is 1.94. The number of halogens is 1. The minimum Gasteiger partial charge on any atom is -0.392 e. The smallest absolute Gasteiger partial charge is 0.237 e. The lowest BCUT2D eigenvalue weighted by molar-refractivity contribution is -0.125. The molecule has 1 fully saturated rings. The average Bonchev–Trinajstić information content (AvgIpc) is 2.21. The minimum absolute atomic E-state index is 0.145. The molecule has 0 heterocycles. The number of carbonyl (C=O) groups is 1. The lowest BCUT2D eigenvalue weighted by Crippen LogP contribution is -2.50. The summed E-state index contributed by atoms with van der Waals surface area (Å²) in [4.78, 5) is 12.6. The Morgan fingerprint density at radius 1 is 1.50 bits per heavy atom. The van der Waals surface area contributed by atoms with Crippen molar-refractivity contribution in [2.45, 2.75) is 26.2 Å². The summed E-state index contributed by atoms with van der Waals surface area (Å²) in [6.07, 6.45) is 2.42. The van der Waals surface area contributed by atoms with Gasteiger partial charge in [-0.05, 0) is 37.5 Å². The summed E-state index contributed by atoms with van der Waals surface area (Å²) in [6, 6.07) is 5.50. The van der Waals surface area contributed by atoms with E-state index >= 15 is 0 Å². The Balaban J connectivity index is 2.21. The van der Waals surface area contributed by atoms with Crippen LogP contribution >= 0.6 is 23.8 Å². The number of benzene rings is 1. The summed E-state index contributed by atoms with van der Waals surface area (Å²) in [5.41, 5.74) is 6.66. The maximum absolute atomic E-state index is 12.3. The number of rotatable bonds is 3. The first-order valence-electron chi connectivity index (χ1n) is 5.83. The van der Waals surface area contributed by atoms with Crippen LogP contribution < -0.4 is 11.1 Å². The highest BCUT2D eigenvalue weighted by molar-refractivity contribution is 7.80. The maximum atomic E-state index is 12.3. The van der Waals surface area contributed by atoms with E-state index in [0.717, 1.165) is 24.8 Å².